The van der Waals surface area contributed by atoms with E-state index in [1.54, 1.807) is 0 Å². The average molecular weight is 507 g/mol. The molecular formula is C27H34N2O2Y-2. The largest absolute Gasteiger partial charge is 0.665 e. The SMILES string of the molecule is C=C(c1ccc([CH2-])c(C)c1)C(C)(C)Cc1cc(-c2ccccc2)nn1C.CC.O=[C-]O.[Y]. The van der Waals surface area contributed by atoms with Gasteiger partial charge in [-0.05, 0) is 29.0 Å². The van der Waals surface area contributed by atoms with Gasteiger partial charge in [-0.25, -0.2) is 0 Å². The number of nitrogens with zero attached hydrogens (tertiary/aromatic N) is 2. The van der Waals surface area contributed by atoms with Gasteiger partial charge in [-0.15, -0.1) is 12.1 Å². The van der Waals surface area contributed by atoms with Crippen molar-refractivity contribution in [2.45, 2.75) is 41.0 Å². The Morgan fingerprint density at radius 3 is 2.25 bits per heavy atom. The van der Waals surface area contributed by atoms with E-state index in [1.807, 2.05) is 43.8 Å². The van der Waals surface area contributed by atoms with Crippen LogP contribution in [-0.4, -0.2) is 21.4 Å². The summed E-state index contributed by atoms with van der Waals surface area (Å²) in [6.07, 6.45) is 0.882. The van der Waals surface area contributed by atoms with Crippen LogP contribution in [0.3, 0.4) is 0 Å². The van der Waals surface area contributed by atoms with E-state index in [1.165, 1.54) is 16.8 Å². The van der Waals surface area contributed by atoms with Crippen LogP contribution in [0.15, 0.2) is 61.2 Å². The quantitative estimate of drug-likeness (QED) is 0.402. The van der Waals surface area contributed by atoms with E-state index in [9.17, 15) is 0 Å². The smallest absolute Gasteiger partial charge is 0.0925 e. The molecule has 1 heterocycles. The summed E-state index contributed by atoms with van der Waals surface area (Å²) >= 11 is 0. The summed E-state index contributed by atoms with van der Waals surface area (Å²) in [7, 11) is 2.02. The molecule has 0 atom stereocenters. The van der Waals surface area contributed by atoms with Crippen molar-refractivity contribution in [1.82, 2.24) is 9.78 Å². The first-order valence-corrected chi connectivity index (χ1v) is 10.4. The first-order chi connectivity index (χ1) is 14.7. The van der Waals surface area contributed by atoms with E-state index in [0.717, 1.165) is 28.8 Å². The molecule has 0 saturated carbocycles. The summed E-state index contributed by atoms with van der Waals surface area (Å²) in [4.78, 5) is 8.24. The van der Waals surface area contributed by atoms with Gasteiger partial charge in [-0.2, -0.15) is 29.2 Å². The molecule has 1 aromatic heterocycles. The number of hydrogen-bond acceptors (Lipinski definition) is 2. The van der Waals surface area contributed by atoms with Crippen LogP contribution in [0.1, 0.15) is 50.1 Å². The van der Waals surface area contributed by atoms with Crippen LogP contribution in [0.25, 0.3) is 16.8 Å². The maximum atomic E-state index is 8.24. The standard InChI is InChI=1S/C24H27N2.C2H6.CHO2.Y/c1-17-12-13-21(14-18(17)2)19(3)24(4,5)16-22-15-23(25-26(22)6)20-10-8-7-9-11-20;1-2;2-1-3;/h7-15H,1,3,16H2,2,4-6H3;1-2H3;(H,2,3);/q-1;;-1;. The number of allylic oxidation sites excluding steroid dienone is 1. The molecule has 0 unspecified atom stereocenters. The van der Waals surface area contributed by atoms with E-state index >= 15 is 0 Å². The Hall–Kier alpha value is -2.17. The average Bonchev–Trinajstić information content (AvgIpc) is 3.12. The summed E-state index contributed by atoms with van der Waals surface area (Å²) in [5.41, 5.74) is 7.89. The minimum absolute atomic E-state index is 0. The first kappa shape index (κ1) is 29.8. The second kappa shape index (κ2) is 14.1. The molecule has 0 aliphatic rings. The Labute approximate surface area is 218 Å². The second-order valence-corrected chi connectivity index (χ2v) is 7.78. The molecule has 0 aliphatic carbocycles. The van der Waals surface area contributed by atoms with Crippen LogP contribution >= 0.6 is 0 Å². The zero-order valence-corrected chi connectivity index (χ0v) is 23.0. The third-order valence-corrected chi connectivity index (χ3v) is 5.18. The Bertz CT molecular complexity index is 992. The maximum Gasteiger partial charge on any atom is 0.0925 e. The van der Waals surface area contributed by atoms with E-state index in [4.69, 9.17) is 15.0 Å². The summed E-state index contributed by atoms with van der Waals surface area (Å²) in [5.74, 6) is 0. The molecular weight excluding hydrogens is 473 g/mol. The van der Waals surface area contributed by atoms with E-state index in [2.05, 4.69) is 70.7 Å². The summed E-state index contributed by atoms with van der Waals surface area (Å²) in [5, 5.41) is 11.5. The topological polar surface area (TPSA) is 55.1 Å². The van der Waals surface area contributed by atoms with Gasteiger partial charge in [0.1, 0.15) is 0 Å². The predicted octanol–water partition coefficient (Wildman–Crippen LogP) is 6.50. The molecule has 0 spiro atoms. The van der Waals surface area contributed by atoms with Crippen LogP contribution in [0.5, 0.6) is 0 Å². The third-order valence-electron chi connectivity index (χ3n) is 5.18. The van der Waals surface area contributed by atoms with Crippen LogP contribution in [0, 0.1) is 19.3 Å². The summed E-state index contributed by atoms with van der Waals surface area (Å²) < 4.78 is 1.99. The molecule has 3 aromatic rings. The van der Waals surface area contributed by atoms with Crippen molar-refractivity contribution in [2.24, 2.45) is 12.5 Å². The molecule has 2 aromatic carbocycles. The molecule has 5 heteroatoms. The van der Waals surface area contributed by atoms with Crippen LogP contribution in [0.4, 0.5) is 0 Å². The fourth-order valence-corrected chi connectivity index (χ4v) is 3.26. The van der Waals surface area contributed by atoms with Crippen LogP contribution in [0.2, 0.25) is 0 Å². The molecule has 4 nitrogen and oxygen atoms in total. The maximum absolute atomic E-state index is 8.24. The second-order valence-electron chi connectivity index (χ2n) is 7.78. The number of aromatic nitrogens is 2. The molecule has 0 saturated heterocycles. The molecule has 0 fully saturated rings. The van der Waals surface area contributed by atoms with Gasteiger partial charge in [0.05, 0.1) is 5.69 Å². The summed E-state index contributed by atoms with van der Waals surface area (Å²) in [6.45, 7) is 19.6. The number of hydrogen-bond donors (Lipinski definition) is 1. The molecule has 3 rings (SSSR count). The van der Waals surface area contributed by atoms with Gasteiger partial charge >= 0.3 is 0 Å². The molecule has 1 N–H and O–H groups in total. The van der Waals surface area contributed by atoms with Crippen LogP contribution < -0.4 is 0 Å². The minimum Gasteiger partial charge on any atom is -0.665 e. The minimum atomic E-state index is -0.0725. The van der Waals surface area contributed by atoms with Gasteiger partial charge in [0.15, 0.2) is 0 Å². The zero-order chi connectivity index (χ0) is 23.6. The van der Waals surface area contributed by atoms with E-state index in [0.29, 0.717) is 6.47 Å². The fourth-order valence-electron chi connectivity index (χ4n) is 3.26. The number of aryl methyl sites for hydroxylation is 2. The summed E-state index contributed by atoms with van der Waals surface area (Å²) in [6, 6.07) is 18.9. The molecule has 169 valence electrons. The number of aliphatic hydroxyl groups excluding tert-OH is 1. The Balaban J connectivity index is 0.00000148. The van der Waals surface area contributed by atoms with Gasteiger partial charge in [0.25, 0.3) is 0 Å². The van der Waals surface area contributed by atoms with E-state index in [-0.39, 0.29) is 38.1 Å². The molecule has 0 bridgehead atoms. The van der Waals surface area contributed by atoms with Crippen molar-refractivity contribution in [2.75, 3.05) is 0 Å². The van der Waals surface area contributed by atoms with E-state index < -0.39 is 0 Å². The van der Waals surface area contributed by atoms with Crippen molar-refractivity contribution in [3.8, 4) is 11.3 Å². The fraction of sp³-hybridized carbons (Fsp3) is 0.296. The molecule has 0 amide bonds. The predicted molar refractivity (Wildman–Crippen MR) is 130 cm³/mol. The number of rotatable bonds is 5. The molecule has 1 radical (unpaired) electrons. The van der Waals surface area contributed by atoms with Gasteiger partial charge in [-0.3, -0.25) is 4.68 Å². The Morgan fingerprint density at radius 2 is 1.72 bits per heavy atom. The van der Waals surface area contributed by atoms with Crippen molar-refractivity contribution in [3.63, 3.8) is 0 Å². The Kier molecular flexibility index (Phi) is 13.1. The van der Waals surface area contributed by atoms with Crippen molar-refractivity contribution < 1.29 is 42.6 Å². The number of benzene rings is 2. The van der Waals surface area contributed by atoms with Crippen molar-refractivity contribution >= 4 is 12.0 Å². The van der Waals surface area contributed by atoms with Crippen molar-refractivity contribution in [1.29, 1.82) is 0 Å². The van der Waals surface area contributed by atoms with Gasteiger partial charge < -0.3 is 9.90 Å². The first-order valence-electron chi connectivity index (χ1n) is 10.4. The normalized spacial score (nSPS) is 9.94. The monoisotopic (exact) mass is 507 g/mol. The molecule has 32 heavy (non-hydrogen) atoms. The molecule has 0 aliphatic heterocycles. The Morgan fingerprint density at radius 1 is 1.16 bits per heavy atom. The third kappa shape index (κ3) is 8.07. The van der Waals surface area contributed by atoms with Gasteiger partial charge in [0.2, 0.25) is 0 Å². The van der Waals surface area contributed by atoms with Gasteiger partial charge in [-0.1, -0.05) is 78.0 Å². The zero-order valence-electron chi connectivity index (χ0n) is 20.1. The van der Waals surface area contributed by atoms with Gasteiger partial charge in [0, 0.05) is 51.0 Å². The van der Waals surface area contributed by atoms with Crippen LogP contribution in [-0.2, 0) is 51.0 Å². The van der Waals surface area contributed by atoms with Crippen molar-refractivity contribution in [3.05, 3.63) is 90.5 Å².